The molecule has 148 valence electrons. The molecule has 2 aromatic carbocycles. The second kappa shape index (κ2) is 9.75. The summed E-state index contributed by atoms with van der Waals surface area (Å²) in [6.45, 7) is 2.99. The minimum absolute atomic E-state index is 0.0184. The number of thioether (sulfide) groups is 1. The topological polar surface area (TPSA) is 62.1 Å². The second-order valence-electron chi connectivity index (χ2n) is 6.93. The van der Waals surface area contributed by atoms with Crippen LogP contribution in [0.5, 0.6) is 0 Å². The molecule has 2 aromatic rings. The van der Waals surface area contributed by atoms with Gasteiger partial charge in [-0.05, 0) is 42.7 Å². The van der Waals surface area contributed by atoms with Crippen molar-refractivity contribution in [3.8, 4) is 0 Å². The van der Waals surface area contributed by atoms with E-state index in [9.17, 15) is 10.0 Å². The zero-order valence-electron chi connectivity index (χ0n) is 16.3. The maximum absolute atomic E-state index is 11.5. The van der Waals surface area contributed by atoms with Crippen LogP contribution in [0.3, 0.4) is 0 Å². The van der Waals surface area contributed by atoms with Crippen LogP contribution < -0.4 is 4.90 Å². The number of nitrogens with zero attached hydrogens (tertiary/aromatic N) is 2. The van der Waals surface area contributed by atoms with Gasteiger partial charge in [-0.25, -0.2) is 0 Å². The Hall–Kier alpha value is -2.31. The lowest BCUT2D eigenvalue weighted by molar-refractivity contribution is -0.116. The van der Waals surface area contributed by atoms with Gasteiger partial charge < -0.3 is 14.8 Å². The average molecular weight is 399 g/mol. The number of oxime groups is 1. The van der Waals surface area contributed by atoms with Crippen LogP contribution in [0.25, 0.3) is 0 Å². The summed E-state index contributed by atoms with van der Waals surface area (Å²) in [6, 6.07) is 16.2. The quantitative estimate of drug-likeness (QED) is 0.335. The molecule has 1 amide bonds. The Kier molecular flexibility index (Phi) is 7.12. The second-order valence-corrected chi connectivity index (χ2v) is 7.98. The van der Waals surface area contributed by atoms with E-state index in [0.717, 1.165) is 40.5 Å². The zero-order chi connectivity index (χ0) is 19.9. The van der Waals surface area contributed by atoms with Gasteiger partial charge in [0.1, 0.15) is 0 Å². The van der Waals surface area contributed by atoms with Crippen molar-refractivity contribution < 1.29 is 14.7 Å². The number of amides is 1. The van der Waals surface area contributed by atoms with Gasteiger partial charge in [-0.1, -0.05) is 29.4 Å². The third kappa shape index (κ3) is 5.14. The van der Waals surface area contributed by atoms with E-state index >= 15 is 0 Å². The number of carbonyl (C=O) groups excluding carboxylic acids is 1. The van der Waals surface area contributed by atoms with Gasteiger partial charge in [0.15, 0.2) is 0 Å². The predicted octanol–water partition coefficient (Wildman–Crippen LogP) is 4.57. The molecule has 0 bridgehead atoms. The fourth-order valence-electron chi connectivity index (χ4n) is 3.26. The highest BCUT2D eigenvalue weighted by atomic mass is 32.2. The van der Waals surface area contributed by atoms with Crippen LogP contribution in [0.2, 0.25) is 0 Å². The van der Waals surface area contributed by atoms with Crippen LogP contribution in [0.1, 0.15) is 30.9 Å². The van der Waals surface area contributed by atoms with E-state index in [1.807, 2.05) is 36.4 Å². The van der Waals surface area contributed by atoms with Crippen LogP contribution in [-0.4, -0.2) is 37.1 Å². The van der Waals surface area contributed by atoms with Gasteiger partial charge >= 0.3 is 0 Å². The number of carbonyl (C=O) groups is 1. The summed E-state index contributed by atoms with van der Waals surface area (Å²) in [5.74, 6) is 1.09. The van der Waals surface area contributed by atoms with Crippen molar-refractivity contribution in [2.45, 2.75) is 30.4 Å². The molecule has 1 heterocycles. The van der Waals surface area contributed by atoms with Crippen molar-refractivity contribution in [1.82, 2.24) is 0 Å². The standard InChI is InChI=1S/C22H26N2O3S/c1-16(25)24(2)20-8-6-17(7-9-20)15-28-21-5-3-4-19(14-21)22(23-26)18-10-12-27-13-11-18/h3-9,14,18,26H,10-13,15H2,1-2H3. The molecule has 1 saturated heterocycles. The summed E-state index contributed by atoms with van der Waals surface area (Å²) in [7, 11) is 1.77. The first kappa shape index (κ1) is 20.4. The van der Waals surface area contributed by atoms with Crippen molar-refractivity contribution >= 4 is 29.1 Å². The third-order valence-corrected chi connectivity index (χ3v) is 6.11. The molecule has 5 nitrogen and oxygen atoms in total. The van der Waals surface area contributed by atoms with Gasteiger partial charge in [-0.3, -0.25) is 4.79 Å². The smallest absolute Gasteiger partial charge is 0.223 e. The fourth-order valence-corrected chi connectivity index (χ4v) is 4.17. The van der Waals surface area contributed by atoms with E-state index in [4.69, 9.17) is 4.74 Å². The maximum Gasteiger partial charge on any atom is 0.223 e. The van der Waals surface area contributed by atoms with Crippen LogP contribution >= 0.6 is 11.8 Å². The Labute approximate surface area is 170 Å². The van der Waals surface area contributed by atoms with Gasteiger partial charge in [-0.15, -0.1) is 11.8 Å². The van der Waals surface area contributed by atoms with Crippen molar-refractivity contribution in [2.75, 3.05) is 25.2 Å². The Bertz CT molecular complexity index is 830. The first-order valence-corrected chi connectivity index (χ1v) is 10.4. The molecule has 0 aliphatic carbocycles. The van der Waals surface area contributed by atoms with Crippen LogP contribution in [-0.2, 0) is 15.3 Å². The lowest BCUT2D eigenvalue weighted by atomic mass is 9.90. The Morgan fingerprint density at radius 2 is 1.93 bits per heavy atom. The molecule has 0 spiro atoms. The number of rotatable bonds is 6. The average Bonchev–Trinajstić information content (AvgIpc) is 2.74. The Morgan fingerprint density at radius 3 is 2.57 bits per heavy atom. The van der Waals surface area contributed by atoms with Gasteiger partial charge in [0.25, 0.3) is 0 Å². The lowest BCUT2D eigenvalue weighted by Crippen LogP contribution is -2.24. The lowest BCUT2D eigenvalue weighted by Gasteiger charge is -2.23. The van der Waals surface area contributed by atoms with Crippen LogP contribution in [0.4, 0.5) is 5.69 Å². The third-order valence-electron chi connectivity index (χ3n) is 5.05. The van der Waals surface area contributed by atoms with Gasteiger partial charge in [-0.2, -0.15) is 0 Å². The van der Waals surface area contributed by atoms with E-state index in [2.05, 4.69) is 17.3 Å². The van der Waals surface area contributed by atoms with Crippen molar-refractivity contribution in [3.05, 3.63) is 59.7 Å². The Balaban J connectivity index is 1.65. The molecule has 0 atom stereocenters. The van der Waals surface area contributed by atoms with Gasteiger partial charge in [0.05, 0.1) is 5.71 Å². The monoisotopic (exact) mass is 398 g/mol. The summed E-state index contributed by atoms with van der Waals surface area (Å²) in [6.07, 6.45) is 1.77. The predicted molar refractivity (Wildman–Crippen MR) is 113 cm³/mol. The summed E-state index contributed by atoms with van der Waals surface area (Å²) >= 11 is 1.74. The zero-order valence-corrected chi connectivity index (χ0v) is 17.1. The number of hydrogen-bond acceptors (Lipinski definition) is 5. The van der Waals surface area contributed by atoms with Crippen LogP contribution in [0, 0.1) is 5.92 Å². The first-order valence-electron chi connectivity index (χ1n) is 9.44. The molecule has 3 rings (SSSR count). The molecule has 1 aliphatic heterocycles. The molecule has 6 heteroatoms. The number of hydrogen-bond donors (Lipinski definition) is 1. The molecule has 1 aliphatic rings. The Morgan fingerprint density at radius 1 is 1.21 bits per heavy atom. The number of anilines is 1. The minimum atomic E-state index is 0.0184. The summed E-state index contributed by atoms with van der Waals surface area (Å²) < 4.78 is 5.42. The normalized spacial score (nSPS) is 15.4. The minimum Gasteiger partial charge on any atom is -0.411 e. The SMILES string of the molecule is CC(=O)N(C)c1ccc(CSc2cccc(C(=NO)C3CCOCC3)c2)cc1. The molecule has 0 aromatic heterocycles. The van der Waals surface area contributed by atoms with E-state index in [0.29, 0.717) is 13.2 Å². The molecule has 0 saturated carbocycles. The molecule has 1 fully saturated rings. The van der Waals surface area contributed by atoms with Crippen molar-refractivity contribution in [2.24, 2.45) is 11.1 Å². The largest absolute Gasteiger partial charge is 0.411 e. The first-order chi connectivity index (χ1) is 13.6. The maximum atomic E-state index is 11.5. The molecular weight excluding hydrogens is 372 g/mol. The number of benzene rings is 2. The van der Waals surface area contributed by atoms with Crippen molar-refractivity contribution in [3.63, 3.8) is 0 Å². The van der Waals surface area contributed by atoms with E-state index < -0.39 is 0 Å². The van der Waals surface area contributed by atoms with Gasteiger partial charge in [0, 0.05) is 55.0 Å². The molecule has 28 heavy (non-hydrogen) atoms. The summed E-state index contributed by atoms with van der Waals surface area (Å²) in [5.41, 5.74) is 3.81. The van der Waals surface area contributed by atoms with E-state index in [1.165, 1.54) is 5.56 Å². The number of ether oxygens (including phenoxy) is 1. The molecular formula is C22H26N2O3S. The van der Waals surface area contributed by atoms with Gasteiger partial charge in [0.2, 0.25) is 5.91 Å². The highest BCUT2D eigenvalue weighted by molar-refractivity contribution is 7.98. The molecule has 1 N–H and O–H groups in total. The van der Waals surface area contributed by atoms with E-state index in [1.54, 1.807) is 30.6 Å². The van der Waals surface area contributed by atoms with E-state index in [-0.39, 0.29) is 11.8 Å². The highest BCUT2D eigenvalue weighted by Gasteiger charge is 2.22. The molecule has 0 radical (unpaired) electrons. The fraction of sp³-hybridized carbons (Fsp3) is 0.364. The summed E-state index contributed by atoms with van der Waals surface area (Å²) in [5, 5.41) is 13.2. The highest BCUT2D eigenvalue weighted by Crippen LogP contribution is 2.27. The molecule has 0 unspecified atom stereocenters. The van der Waals surface area contributed by atoms with Crippen molar-refractivity contribution in [1.29, 1.82) is 0 Å². The summed E-state index contributed by atoms with van der Waals surface area (Å²) in [4.78, 5) is 14.2. The van der Waals surface area contributed by atoms with Crippen LogP contribution in [0.15, 0.2) is 58.6 Å².